The number of carbonyl (C=O) groups excluding carboxylic acids is 2. The fraction of sp³-hybridized carbons (Fsp3) is 0.375. The predicted molar refractivity (Wildman–Crippen MR) is 137 cm³/mol. The summed E-state index contributed by atoms with van der Waals surface area (Å²) in [4.78, 5) is 39.7. The summed E-state index contributed by atoms with van der Waals surface area (Å²) in [5.74, 6) is -4.60. The molecule has 1 heterocycles. The summed E-state index contributed by atoms with van der Waals surface area (Å²) < 4.78 is 41.3. The number of anilines is 1. The van der Waals surface area contributed by atoms with E-state index in [4.69, 9.17) is 11.6 Å². The van der Waals surface area contributed by atoms with Crippen LogP contribution < -0.4 is 10.2 Å². The summed E-state index contributed by atoms with van der Waals surface area (Å²) >= 11 is 6.96. The van der Waals surface area contributed by atoms with E-state index in [1.807, 2.05) is 0 Å². The Balaban J connectivity index is 1.98. The minimum atomic E-state index is -2.77. The first-order chi connectivity index (χ1) is 17.1. The third-order valence-corrected chi connectivity index (χ3v) is 6.72. The molecule has 1 aliphatic rings. The molecule has 36 heavy (non-hydrogen) atoms. The fourth-order valence-corrected chi connectivity index (χ4v) is 4.65. The van der Waals surface area contributed by atoms with E-state index in [9.17, 15) is 22.8 Å². The Hall–Kier alpha value is -3.05. The number of aliphatic imine (C=N–C) groups is 2. The maximum atomic E-state index is 14.2. The predicted octanol–water partition coefficient (Wildman–Crippen LogP) is 5.37. The van der Waals surface area contributed by atoms with Crippen molar-refractivity contribution in [2.75, 3.05) is 4.90 Å². The van der Waals surface area contributed by atoms with Crippen molar-refractivity contribution in [1.82, 2.24) is 10.3 Å². The van der Waals surface area contributed by atoms with Gasteiger partial charge in [-0.25, -0.2) is 18.2 Å². The highest BCUT2D eigenvalue weighted by molar-refractivity contribution is 7.13. The molecule has 2 aromatic rings. The van der Waals surface area contributed by atoms with E-state index >= 15 is 0 Å². The van der Waals surface area contributed by atoms with Crippen molar-refractivity contribution in [3.05, 3.63) is 47.7 Å². The van der Waals surface area contributed by atoms with Crippen LogP contribution in [-0.2, 0) is 9.59 Å². The molecule has 7 nitrogen and oxygen atoms in total. The molecule has 0 unspecified atom stereocenters. The number of aromatic nitrogens is 1. The van der Waals surface area contributed by atoms with Crippen molar-refractivity contribution in [3.63, 3.8) is 0 Å². The Morgan fingerprint density at radius 2 is 1.97 bits per heavy atom. The highest BCUT2D eigenvalue weighted by atomic mass is 35.5. The molecule has 192 valence electrons. The van der Waals surface area contributed by atoms with E-state index in [-0.39, 0.29) is 36.9 Å². The third kappa shape index (κ3) is 7.01. The number of nitrogens with one attached hydrogen (secondary N) is 1. The van der Waals surface area contributed by atoms with Gasteiger partial charge < -0.3 is 5.32 Å². The smallest absolute Gasteiger partial charge is 0.278 e. The molecule has 1 fully saturated rings. The van der Waals surface area contributed by atoms with Crippen molar-refractivity contribution in [2.45, 2.75) is 56.2 Å². The van der Waals surface area contributed by atoms with Crippen LogP contribution in [0.25, 0.3) is 10.4 Å². The second-order valence-electron chi connectivity index (χ2n) is 8.28. The Labute approximate surface area is 215 Å². The van der Waals surface area contributed by atoms with Crippen LogP contribution >= 0.6 is 22.9 Å². The third-order valence-electron chi connectivity index (χ3n) is 5.71. The highest BCUT2D eigenvalue weighted by Crippen LogP contribution is 2.34. The topological polar surface area (TPSA) is 87.0 Å². The van der Waals surface area contributed by atoms with Gasteiger partial charge in [-0.3, -0.25) is 24.5 Å². The summed E-state index contributed by atoms with van der Waals surface area (Å²) in [6.07, 6.45) is 3.54. The van der Waals surface area contributed by atoms with Crippen molar-refractivity contribution >= 4 is 53.5 Å². The minimum Gasteiger partial charge on any atom is -0.351 e. The molecule has 0 radical (unpaired) electrons. The number of amides is 2. The molecule has 1 aromatic heterocycles. The average molecular weight is 540 g/mol. The second-order valence-corrected chi connectivity index (χ2v) is 9.55. The van der Waals surface area contributed by atoms with Gasteiger partial charge in [0.15, 0.2) is 0 Å². The Bertz CT molecular complexity index is 1110. The molecule has 1 N–H and O–H groups in total. The van der Waals surface area contributed by atoms with Gasteiger partial charge in [-0.15, -0.1) is 11.3 Å². The second kappa shape index (κ2) is 12.3. The van der Waals surface area contributed by atoms with Gasteiger partial charge in [0.05, 0.1) is 10.4 Å². The largest absolute Gasteiger partial charge is 0.351 e. The molecule has 1 aliphatic carbocycles. The van der Waals surface area contributed by atoms with Crippen LogP contribution in [0, 0.1) is 0 Å². The van der Waals surface area contributed by atoms with Crippen LogP contribution in [-0.4, -0.2) is 53.5 Å². The van der Waals surface area contributed by atoms with Gasteiger partial charge in [0.25, 0.3) is 11.5 Å². The summed E-state index contributed by atoms with van der Waals surface area (Å²) in [6.45, 7) is 4.82. The maximum absolute atomic E-state index is 14.2. The van der Waals surface area contributed by atoms with Gasteiger partial charge in [0.2, 0.25) is 11.8 Å². The zero-order valence-electron chi connectivity index (χ0n) is 19.4. The van der Waals surface area contributed by atoms with Crippen LogP contribution in [0.5, 0.6) is 0 Å². The van der Waals surface area contributed by atoms with E-state index in [0.29, 0.717) is 0 Å². The first kappa shape index (κ1) is 27.5. The molecule has 1 saturated carbocycles. The number of carbonyl (C=O) groups is 2. The first-order valence-electron chi connectivity index (χ1n) is 11.1. The van der Waals surface area contributed by atoms with Crippen LogP contribution in [0.4, 0.5) is 18.9 Å². The van der Waals surface area contributed by atoms with E-state index in [1.54, 1.807) is 36.0 Å². The Morgan fingerprint density at radius 3 is 2.53 bits per heavy atom. The lowest BCUT2D eigenvalue weighted by atomic mass is 9.91. The van der Waals surface area contributed by atoms with E-state index in [1.165, 1.54) is 24.5 Å². The fourth-order valence-electron chi connectivity index (χ4n) is 3.91. The average Bonchev–Trinajstić information content (AvgIpc) is 3.38. The minimum absolute atomic E-state index is 0.0749. The van der Waals surface area contributed by atoms with Crippen molar-refractivity contribution in [2.24, 2.45) is 9.98 Å². The molecule has 2 atom stereocenters. The molecule has 3 rings (SSSR count). The maximum Gasteiger partial charge on any atom is 0.278 e. The van der Waals surface area contributed by atoms with Gasteiger partial charge in [-0.05, 0) is 49.8 Å². The molecule has 0 spiro atoms. The molecule has 0 aliphatic heterocycles. The highest BCUT2D eigenvalue weighted by Gasteiger charge is 2.39. The summed E-state index contributed by atoms with van der Waals surface area (Å²) in [5, 5.41) is 2.74. The molecule has 0 bridgehead atoms. The summed E-state index contributed by atoms with van der Waals surface area (Å²) in [6, 6.07) is 4.68. The van der Waals surface area contributed by atoms with Gasteiger partial charge in [0, 0.05) is 37.0 Å². The van der Waals surface area contributed by atoms with Crippen molar-refractivity contribution < 1.29 is 22.8 Å². The van der Waals surface area contributed by atoms with Crippen LogP contribution in [0.2, 0.25) is 0 Å². The molecule has 12 heteroatoms. The van der Waals surface area contributed by atoms with E-state index < -0.39 is 35.5 Å². The van der Waals surface area contributed by atoms with Gasteiger partial charge in [-0.1, -0.05) is 23.7 Å². The zero-order chi connectivity index (χ0) is 26.3. The van der Waals surface area contributed by atoms with Crippen molar-refractivity contribution in [1.29, 1.82) is 0 Å². The van der Waals surface area contributed by atoms with Gasteiger partial charge >= 0.3 is 0 Å². The lowest BCUT2D eigenvalue weighted by Crippen LogP contribution is -2.54. The molecular formula is C24H25ClF3N5O2S. The SMILES string of the molecule is C=NC=N/C=C(\C)[C@@H](C(=O)NC1CCC(F)(F)CC1)N(C(=O)[C@H](F)Cl)c1ccc(-c2cncs2)cc1. The molecular weight excluding hydrogens is 515 g/mol. The lowest BCUT2D eigenvalue weighted by Gasteiger charge is -2.34. The molecule has 0 saturated heterocycles. The summed E-state index contributed by atoms with van der Waals surface area (Å²) in [7, 11) is 0. The molecule has 2 amide bonds. The number of nitrogens with zero attached hydrogens (tertiary/aromatic N) is 4. The monoisotopic (exact) mass is 539 g/mol. The number of benzene rings is 1. The van der Waals surface area contributed by atoms with Crippen LogP contribution in [0.15, 0.2) is 57.7 Å². The number of hydrogen-bond acceptors (Lipinski definition) is 5. The standard InChI is InChI=1S/C24H25ClF3N5O2S/c1-15(11-30-13-29-2)20(22(34)32-17-7-9-24(27,28)10-8-17)33(23(35)21(25)26)18-5-3-16(4-6-18)19-12-31-14-36-19/h3-6,11-14,17,20-21H,2,7-10H2,1H3,(H,32,34)/b15-11+,30-13?/t20-,21-/m0/s1. The van der Waals surface area contributed by atoms with Crippen LogP contribution in [0.1, 0.15) is 32.6 Å². The molecule has 1 aromatic carbocycles. The number of rotatable bonds is 9. The Kier molecular flexibility index (Phi) is 9.38. The van der Waals surface area contributed by atoms with E-state index in [0.717, 1.165) is 21.7 Å². The number of alkyl halides is 4. The van der Waals surface area contributed by atoms with Gasteiger partial charge in [0.1, 0.15) is 12.4 Å². The number of halogens is 4. The van der Waals surface area contributed by atoms with E-state index in [2.05, 4.69) is 27.0 Å². The van der Waals surface area contributed by atoms with Crippen LogP contribution in [0.3, 0.4) is 0 Å². The van der Waals surface area contributed by atoms with Gasteiger partial charge in [-0.2, -0.15) is 0 Å². The number of thiazole rings is 1. The Morgan fingerprint density at radius 1 is 1.31 bits per heavy atom. The zero-order valence-corrected chi connectivity index (χ0v) is 21.0. The first-order valence-corrected chi connectivity index (χ1v) is 12.4. The lowest BCUT2D eigenvalue weighted by molar-refractivity contribution is -0.127. The normalized spacial score (nSPS) is 18.0. The quantitative estimate of drug-likeness (QED) is 0.264. The number of hydrogen-bond donors (Lipinski definition) is 1. The van der Waals surface area contributed by atoms with Crippen molar-refractivity contribution in [3.8, 4) is 10.4 Å². The summed E-state index contributed by atoms with van der Waals surface area (Å²) in [5.41, 5.74) is 0.542.